The Labute approximate surface area is 163 Å². The number of rotatable bonds is 4. The van der Waals surface area contributed by atoms with Gasteiger partial charge in [0.15, 0.2) is 0 Å². The highest BCUT2D eigenvalue weighted by Crippen LogP contribution is 2.46. The molecule has 0 aliphatic rings. The van der Waals surface area contributed by atoms with Crippen LogP contribution >= 0.6 is 0 Å². The van der Waals surface area contributed by atoms with Crippen LogP contribution in [0.1, 0.15) is 10.4 Å². The third-order valence-corrected chi connectivity index (χ3v) is 4.94. The largest absolute Gasteiger partial charge is 0.496 e. The molecule has 0 bridgehead atoms. The number of ether oxygens (including phenoxy) is 2. The van der Waals surface area contributed by atoms with Crippen molar-refractivity contribution in [2.24, 2.45) is 0 Å². The molecule has 0 atom stereocenters. The first-order valence-electron chi connectivity index (χ1n) is 8.86. The predicted molar refractivity (Wildman–Crippen MR) is 113 cm³/mol. The van der Waals surface area contributed by atoms with Crippen molar-refractivity contribution >= 4 is 27.3 Å². The first-order valence-corrected chi connectivity index (χ1v) is 8.86. The van der Waals surface area contributed by atoms with Crippen molar-refractivity contribution in [2.75, 3.05) is 14.2 Å². The fourth-order valence-corrected chi connectivity index (χ4v) is 3.71. The number of benzene rings is 4. The Kier molecular flexibility index (Phi) is 4.47. The molecule has 0 amide bonds. The third-order valence-electron chi connectivity index (χ3n) is 4.94. The molecule has 0 aliphatic carbocycles. The number of fused-ring (bicyclic) bond motifs is 2. The molecule has 4 aromatic carbocycles. The summed E-state index contributed by atoms with van der Waals surface area (Å²) in [5.74, 6) is 2.96. The van der Waals surface area contributed by atoms with Gasteiger partial charge in [-0.15, -0.1) is 6.42 Å². The molecular formula is C25H18O3. The van der Waals surface area contributed by atoms with Crippen molar-refractivity contribution in [1.29, 1.82) is 0 Å². The summed E-state index contributed by atoms with van der Waals surface area (Å²) in [5.41, 5.74) is 2.04. The second-order valence-corrected chi connectivity index (χ2v) is 6.39. The minimum Gasteiger partial charge on any atom is -0.496 e. The van der Waals surface area contributed by atoms with E-state index >= 15 is 0 Å². The molecule has 0 unspecified atom stereocenters. The molecular weight excluding hydrogens is 348 g/mol. The van der Waals surface area contributed by atoms with Crippen LogP contribution in [0.25, 0.3) is 32.7 Å². The highest BCUT2D eigenvalue weighted by molar-refractivity contribution is 6.18. The highest BCUT2D eigenvalue weighted by atomic mass is 16.5. The van der Waals surface area contributed by atoms with Gasteiger partial charge < -0.3 is 9.47 Å². The summed E-state index contributed by atoms with van der Waals surface area (Å²) < 4.78 is 11.4. The van der Waals surface area contributed by atoms with Crippen molar-refractivity contribution in [2.45, 2.75) is 0 Å². The molecule has 0 spiro atoms. The Hall–Kier alpha value is -3.77. The van der Waals surface area contributed by atoms with Gasteiger partial charge in [0.25, 0.3) is 0 Å². The lowest BCUT2D eigenvalue weighted by Gasteiger charge is -2.19. The molecule has 3 nitrogen and oxygen atoms in total. The van der Waals surface area contributed by atoms with Crippen molar-refractivity contribution in [3.05, 3.63) is 72.3 Å². The van der Waals surface area contributed by atoms with E-state index in [0.29, 0.717) is 17.1 Å². The molecule has 4 aromatic rings. The van der Waals surface area contributed by atoms with Gasteiger partial charge in [0.2, 0.25) is 5.78 Å². The van der Waals surface area contributed by atoms with Gasteiger partial charge in [-0.1, -0.05) is 54.6 Å². The Morgan fingerprint density at radius 1 is 0.821 bits per heavy atom. The molecule has 0 aromatic heterocycles. The summed E-state index contributed by atoms with van der Waals surface area (Å²) in [6.45, 7) is 0. The van der Waals surface area contributed by atoms with Crippen LogP contribution < -0.4 is 9.47 Å². The Morgan fingerprint density at radius 2 is 1.46 bits per heavy atom. The maximum absolute atomic E-state index is 12.5. The van der Waals surface area contributed by atoms with Crippen LogP contribution in [-0.2, 0) is 0 Å². The van der Waals surface area contributed by atoms with Crippen LogP contribution in [0, 0.1) is 12.3 Å². The van der Waals surface area contributed by atoms with Crippen LogP contribution in [0.3, 0.4) is 0 Å². The normalized spacial score (nSPS) is 10.6. The summed E-state index contributed by atoms with van der Waals surface area (Å²) in [6, 6.07) is 21.7. The SMILES string of the molecule is C#CC(=O)c1cc2ccccc2c(-c2c(OC)ccc3ccccc23)c1OC. The Morgan fingerprint density at radius 3 is 2.11 bits per heavy atom. The zero-order valence-electron chi connectivity index (χ0n) is 15.7. The first kappa shape index (κ1) is 17.6. The van der Waals surface area contributed by atoms with E-state index in [1.807, 2.05) is 60.7 Å². The summed E-state index contributed by atoms with van der Waals surface area (Å²) in [4.78, 5) is 12.5. The number of methoxy groups -OCH3 is 2. The summed E-state index contributed by atoms with van der Waals surface area (Å²) in [7, 11) is 3.19. The second kappa shape index (κ2) is 7.09. The molecule has 0 heterocycles. The van der Waals surface area contributed by atoms with E-state index in [0.717, 1.165) is 32.7 Å². The predicted octanol–water partition coefficient (Wildman–Crippen LogP) is 5.49. The van der Waals surface area contributed by atoms with E-state index < -0.39 is 5.78 Å². The Balaban J connectivity index is 2.26. The molecule has 4 rings (SSSR count). The van der Waals surface area contributed by atoms with Crippen LogP contribution in [0.5, 0.6) is 11.5 Å². The number of terminal acetylenes is 1. The molecule has 28 heavy (non-hydrogen) atoms. The molecule has 0 aliphatic heterocycles. The minimum absolute atomic E-state index is 0.369. The van der Waals surface area contributed by atoms with E-state index in [1.165, 1.54) is 0 Å². The molecule has 0 saturated heterocycles. The molecule has 3 heteroatoms. The van der Waals surface area contributed by atoms with Crippen LogP contribution in [0.2, 0.25) is 0 Å². The number of Topliss-reactive ketones (excluding diaryl/α,β-unsaturated/α-hetero) is 1. The highest BCUT2D eigenvalue weighted by Gasteiger charge is 2.23. The van der Waals surface area contributed by atoms with Crippen LogP contribution in [0.15, 0.2) is 66.7 Å². The van der Waals surface area contributed by atoms with Crippen molar-refractivity contribution < 1.29 is 14.3 Å². The summed E-state index contributed by atoms with van der Waals surface area (Å²) in [5, 5.41) is 3.95. The van der Waals surface area contributed by atoms with Crippen molar-refractivity contribution in [3.8, 4) is 35.0 Å². The van der Waals surface area contributed by atoms with Gasteiger partial charge in [0.05, 0.1) is 19.8 Å². The van der Waals surface area contributed by atoms with Crippen LogP contribution in [-0.4, -0.2) is 20.0 Å². The quantitative estimate of drug-likeness (QED) is 0.272. The maximum Gasteiger partial charge on any atom is 0.239 e. The van der Waals surface area contributed by atoms with Crippen molar-refractivity contribution in [3.63, 3.8) is 0 Å². The van der Waals surface area contributed by atoms with E-state index in [1.54, 1.807) is 20.3 Å². The topological polar surface area (TPSA) is 35.5 Å². The zero-order chi connectivity index (χ0) is 19.7. The average molecular weight is 366 g/mol. The van der Waals surface area contributed by atoms with E-state index in [4.69, 9.17) is 15.9 Å². The smallest absolute Gasteiger partial charge is 0.239 e. The Bertz CT molecular complexity index is 1260. The lowest BCUT2D eigenvalue weighted by molar-refractivity contribution is 0.105. The number of ketones is 1. The minimum atomic E-state index is -0.414. The summed E-state index contributed by atoms with van der Waals surface area (Å²) in [6.07, 6.45) is 5.43. The summed E-state index contributed by atoms with van der Waals surface area (Å²) >= 11 is 0. The molecule has 0 fully saturated rings. The first-order chi connectivity index (χ1) is 13.7. The maximum atomic E-state index is 12.5. The number of carbonyl (C=O) groups excluding carboxylic acids is 1. The van der Waals surface area contributed by atoms with Gasteiger partial charge in [0.1, 0.15) is 11.5 Å². The molecule has 0 radical (unpaired) electrons. The number of hydrogen-bond acceptors (Lipinski definition) is 3. The second-order valence-electron chi connectivity index (χ2n) is 6.39. The van der Waals surface area contributed by atoms with Gasteiger partial charge >= 0.3 is 0 Å². The number of hydrogen-bond donors (Lipinski definition) is 0. The van der Waals surface area contributed by atoms with Crippen LogP contribution in [0.4, 0.5) is 0 Å². The number of carbonyl (C=O) groups is 1. The van der Waals surface area contributed by atoms with E-state index in [-0.39, 0.29) is 0 Å². The molecule has 136 valence electrons. The van der Waals surface area contributed by atoms with E-state index in [2.05, 4.69) is 5.92 Å². The van der Waals surface area contributed by atoms with Gasteiger partial charge in [-0.3, -0.25) is 4.79 Å². The van der Waals surface area contributed by atoms with Gasteiger partial charge in [0, 0.05) is 11.1 Å². The monoisotopic (exact) mass is 366 g/mol. The zero-order valence-corrected chi connectivity index (χ0v) is 15.7. The van der Waals surface area contributed by atoms with E-state index in [9.17, 15) is 4.79 Å². The molecule has 0 saturated carbocycles. The fourth-order valence-electron chi connectivity index (χ4n) is 3.71. The fraction of sp³-hybridized carbons (Fsp3) is 0.0800. The lowest BCUT2D eigenvalue weighted by atomic mass is 9.89. The molecule has 0 N–H and O–H groups in total. The lowest BCUT2D eigenvalue weighted by Crippen LogP contribution is -2.03. The van der Waals surface area contributed by atoms with Gasteiger partial charge in [-0.2, -0.15) is 0 Å². The third kappa shape index (κ3) is 2.67. The average Bonchev–Trinajstić information content (AvgIpc) is 2.76. The standard InChI is InChI=1S/C25H18O3/c1-4-21(26)20-15-17-10-6-8-12-19(17)24(25(20)28-3)23-18-11-7-5-9-16(18)13-14-22(23)27-2/h1,5-15H,2-3H3. The van der Waals surface area contributed by atoms with Gasteiger partial charge in [-0.05, 0) is 39.6 Å². The van der Waals surface area contributed by atoms with Gasteiger partial charge in [-0.25, -0.2) is 0 Å². The van der Waals surface area contributed by atoms with Crippen molar-refractivity contribution in [1.82, 2.24) is 0 Å².